The number of nitrogens with zero attached hydrogens (tertiary/aromatic N) is 1. The maximum Gasteiger partial charge on any atom is 0.262 e. The van der Waals surface area contributed by atoms with Gasteiger partial charge < -0.3 is 14.8 Å². The number of amides is 2. The van der Waals surface area contributed by atoms with Crippen LogP contribution in [0.15, 0.2) is 71.8 Å². The molecule has 37 heavy (non-hydrogen) atoms. The molecule has 9 heteroatoms. The van der Waals surface area contributed by atoms with Crippen LogP contribution in [0.25, 0.3) is 0 Å². The third-order valence-corrected chi connectivity index (χ3v) is 6.05. The van der Waals surface area contributed by atoms with E-state index in [0.29, 0.717) is 45.9 Å². The van der Waals surface area contributed by atoms with Gasteiger partial charge in [-0.15, -0.1) is 0 Å². The molecule has 7 nitrogen and oxygen atoms in total. The van der Waals surface area contributed by atoms with E-state index in [1.807, 2.05) is 45.0 Å². The van der Waals surface area contributed by atoms with E-state index in [2.05, 4.69) is 15.8 Å². The summed E-state index contributed by atoms with van der Waals surface area (Å²) in [5.41, 5.74) is 4.35. The summed E-state index contributed by atoms with van der Waals surface area (Å²) in [6.45, 7) is 6.27. The van der Waals surface area contributed by atoms with Crippen LogP contribution in [0.1, 0.15) is 42.3 Å². The molecule has 2 N–H and O–H groups in total. The van der Waals surface area contributed by atoms with Gasteiger partial charge in [0.1, 0.15) is 12.6 Å². The molecule has 0 spiro atoms. The van der Waals surface area contributed by atoms with Crippen molar-refractivity contribution in [3.05, 3.63) is 93.5 Å². The van der Waals surface area contributed by atoms with Crippen molar-refractivity contribution in [3.63, 3.8) is 0 Å². The molecule has 0 saturated carbocycles. The molecule has 0 heterocycles. The number of benzene rings is 3. The van der Waals surface area contributed by atoms with Crippen molar-refractivity contribution in [1.29, 1.82) is 0 Å². The predicted molar refractivity (Wildman–Crippen MR) is 147 cm³/mol. The second-order valence-electron chi connectivity index (χ2n) is 8.43. The number of nitrogens with one attached hydrogen (secondary N) is 2. The highest BCUT2D eigenvalue weighted by Gasteiger charge is 2.25. The van der Waals surface area contributed by atoms with Crippen LogP contribution >= 0.6 is 23.2 Å². The second-order valence-corrected chi connectivity index (χ2v) is 9.24. The third kappa shape index (κ3) is 7.97. The number of hydrogen-bond acceptors (Lipinski definition) is 5. The molecule has 1 atom stereocenters. The van der Waals surface area contributed by atoms with Crippen molar-refractivity contribution in [2.24, 2.45) is 11.0 Å². The van der Waals surface area contributed by atoms with E-state index < -0.39 is 17.9 Å². The van der Waals surface area contributed by atoms with Gasteiger partial charge in [-0.1, -0.05) is 67.4 Å². The minimum Gasteiger partial charge on any atom is -0.490 e. The molecule has 0 radical (unpaired) electrons. The zero-order valence-corrected chi connectivity index (χ0v) is 22.3. The first-order chi connectivity index (χ1) is 17.8. The SMILES string of the molecule is CCOc1cc(/C=N/NC(=O)C(NC(=O)c2ccccc2Cl)C(C)C)ccc1OCc1ccccc1Cl. The highest BCUT2D eigenvalue weighted by Crippen LogP contribution is 2.29. The Kier molecular flexibility index (Phi) is 10.4. The molecule has 0 aliphatic heterocycles. The fourth-order valence-electron chi connectivity index (χ4n) is 3.40. The quantitative estimate of drug-likeness (QED) is 0.234. The van der Waals surface area contributed by atoms with Crippen molar-refractivity contribution in [3.8, 4) is 11.5 Å². The van der Waals surface area contributed by atoms with Crippen LogP contribution in [0.4, 0.5) is 0 Å². The summed E-state index contributed by atoms with van der Waals surface area (Å²) in [5, 5.41) is 7.73. The highest BCUT2D eigenvalue weighted by molar-refractivity contribution is 6.33. The van der Waals surface area contributed by atoms with E-state index >= 15 is 0 Å². The van der Waals surface area contributed by atoms with Gasteiger partial charge in [-0.05, 0) is 54.8 Å². The topological polar surface area (TPSA) is 89.0 Å². The molecule has 2 amide bonds. The standard InChI is InChI=1S/C28H29Cl2N3O4/c1-4-36-25-15-19(13-14-24(25)37-17-20-9-5-7-11-22(20)29)16-31-33-28(35)26(18(2)3)32-27(34)21-10-6-8-12-23(21)30/h5-16,18,26H,4,17H2,1-3H3,(H,32,34)(H,33,35)/b31-16+. The number of carbonyl (C=O) groups is 2. The summed E-state index contributed by atoms with van der Waals surface area (Å²) >= 11 is 12.3. The molecule has 0 aliphatic rings. The van der Waals surface area contributed by atoms with E-state index in [1.165, 1.54) is 6.21 Å². The maximum absolute atomic E-state index is 12.8. The number of ether oxygens (including phenoxy) is 2. The minimum atomic E-state index is -0.805. The van der Waals surface area contributed by atoms with Crippen LogP contribution in [0.2, 0.25) is 10.0 Å². The second kappa shape index (κ2) is 13.7. The van der Waals surface area contributed by atoms with E-state index in [-0.39, 0.29) is 5.92 Å². The lowest BCUT2D eigenvalue weighted by Crippen LogP contribution is -2.48. The summed E-state index contributed by atoms with van der Waals surface area (Å²) in [5.74, 6) is 0.0382. The Labute approximate surface area is 226 Å². The number of hydrazone groups is 1. The van der Waals surface area contributed by atoms with Gasteiger partial charge in [-0.2, -0.15) is 5.10 Å². The van der Waals surface area contributed by atoms with Gasteiger partial charge in [-0.25, -0.2) is 5.43 Å². The Balaban J connectivity index is 1.65. The van der Waals surface area contributed by atoms with Crippen LogP contribution in [0, 0.1) is 5.92 Å². The molecule has 1 unspecified atom stereocenters. The van der Waals surface area contributed by atoms with E-state index in [1.54, 1.807) is 42.5 Å². The van der Waals surface area contributed by atoms with Crippen LogP contribution in [-0.4, -0.2) is 30.7 Å². The zero-order valence-electron chi connectivity index (χ0n) is 20.8. The summed E-state index contributed by atoms with van der Waals surface area (Å²) in [7, 11) is 0. The molecule has 3 aromatic carbocycles. The first kappa shape index (κ1) is 28.0. The lowest BCUT2D eigenvalue weighted by atomic mass is 10.0. The molecule has 0 bridgehead atoms. The summed E-state index contributed by atoms with van der Waals surface area (Å²) < 4.78 is 11.6. The Hall–Kier alpha value is -3.55. The van der Waals surface area contributed by atoms with Gasteiger partial charge in [0.15, 0.2) is 11.5 Å². The van der Waals surface area contributed by atoms with E-state index in [4.69, 9.17) is 32.7 Å². The van der Waals surface area contributed by atoms with Gasteiger partial charge in [0.05, 0.1) is 23.4 Å². The fraction of sp³-hybridized carbons (Fsp3) is 0.250. The Bertz CT molecular complexity index is 1260. The lowest BCUT2D eigenvalue weighted by molar-refractivity contribution is -0.123. The molecule has 3 aromatic rings. The van der Waals surface area contributed by atoms with Crippen molar-refractivity contribution >= 4 is 41.2 Å². The highest BCUT2D eigenvalue weighted by atomic mass is 35.5. The summed E-state index contributed by atoms with van der Waals surface area (Å²) in [6.07, 6.45) is 1.49. The number of hydrogen-bond donors (Lipinski definition) is 2. The van der Waals surface area contributed by atoms with Crippen LogP contribution in [0.3, 0.4) is 0 Å². The predicted octanol–water partition coefficient (Wildman–Crippen LogP) is 5.88. The molecular formula is C28H29Cl2N3O4. The molecule has 0 saturated heterocycles. The van der Waals surface area contributed by atoms with Gasteiger partial charge in [0.2, 0.25) is 0 Å². The summed E-state index contributed by atoms with van der Waals surface area (Å²) in [6, 6.07) is 18.6. The monoisotopic (exact) mass is 541 g/mol. The Morgan fingerprint density at radius 2 is 1.65 bits per heavy atom. The van der Waals surface area contributed by atoms with Crippen LogP contribution in [0.5, 0.6) is 11.5 Å². The Morgan fingerprint density at radius 1 is 0.946 bits per heavy atom. The molecule has 0 fully saturated rings. The number of halogens is 2. The fourth-order valence-corrected chi connectivity index (χ4v) is 3.81. The normalized spacial score (nSPS) is 11.8. The largest absolute Gasteiger partial charge is 0.490 e. The van der Waals surface area contributed by atoms with Gasteiger partial charge in [-0.3, -0.25) is 9.59 Å². The van der Waals surface area contributed by atoms with Crippen molar-refractivity contribution in [2.75, 3.05) is 6.61 Å². The number of rotatable bonds is 11. The minimum absolute atomic E-state index is 0.180. The molecule has 194 valence electrons. The molecule has 0 aromatic heterocycles. The van der Waals surface area contributed by atoms with Crippen molar-refractivity contribution in [2.45, 2.75) is 33.4 Å². The first-order valence-corrected chi connectivity index (χ1v) is 12.6. The molecule has 3 rings (SSSR count). The van der Waals surface area contributed by atoms with Crippen LogP contribution in [-0.2, 0) is 11.4 Å². The van der Waals surface area contributed by atoms with Crippen molar-refractivity contribution < 1.29 is 19.1 Å². The zero-order chi connectivity index (χ0) is 26.8. The molecule has 0 aliphatic carbocycles. The first-order valence-electron chi connectivity index (χ1n) is 11.8. The Morgan fingerprint density at radius 3 is 2.32 bits per heavy atom. The smallest absolute Gasteiger partial charge is 0.262 e. The van der Waals surface area contributed by atoms with Gasteiger partial charge in [0, 0.05) is 10.6 Å². The maximum atomic E-state index is 12.8. The third-order valence-electron chi connectivity index (χ3n) is 5.35. The average Bonchev–Trinajstić information content (AvgIpc) is 2.87. The van der Waals surface area contributed by atoms with Crippen LogP contribution < -0.4 is 20.2 Å². The van der Waals surface area contributed by atoms with Gasteiger partial charge >= 0.3 is 0 Å². The van der Waals surface area contributed by atoms with Crippen molar-refractivity contribution in [1.82, 2.24) is 10.7 Å². The van der Waals surface area contributed by atoms with Gasteiger partial charge in [0.25, 0.3) is 11.8 Å². The van der Waals surface area contributed by atoms with E-state index in [9.17, 15) is 9.59 Å². The summed E-state index contributed by atoms with van der Waals surface area (Å²) in [4.78, 5) is 25.4. The van der Waals surface area contributed by atoms with E-state index in [0.717, 1.165) is 5.56 Å². The number of carbonyl (C=O) groups excluding carboxylic acids is 2. The molecular weight excluding hydrogens is 513 g/mol. The average molecular weight is 542 g/mol. The lowest BCUT2D eigenvalue weighted by Gasteiger charge is -2.20.